The summed E-state index contributed by atoms with van der Waals surface area (Å²) < 4.78 is 11.2. The highest BCUT2D eigenvalue weighted by molar-refractivity contribution is 9.12. The number of benzene rings is 3. The minimum Gasteiger partial charge on any atom is -0.497 e. The molecule has 3 aromatic carbocycles. The Morgan fingerprint density at radius 2 is 1.57 bits per heavy atom. The zero-order chi connectivity index (χ0) is 32.9. The van der Waals surface area contributed by atoms with E-state index >= 15 is 0 Å². The molecule has 6 rings (SSSR count). The van der Waals surface area contributed by atoms with Gasteiger partial charge in [-0.3, -0.25) is 19.3 Å². The van der Waals surface area contributed by atoms with Crippen LogP contribution in [0, 0.1) is 18.8 Å². The standard InChI is InChI=1S/C34H26Br3ClN2O6/c1-16-30(38)27(37)11-21-24(34(44)46-15-29(41)18-5-9-20(45-2)10-6-18)14-28(39-31(16)21)17-3-7-19(8-4-17)40-32(42)22-12-25(35)26(36)13-23(22)33(40)43/h3-11,14,22-23,25-26H,12-13,15H2,1-2H3. The third-order valence-electron chi connectivity index (χ3n) is 8.52. The Hall–Kier alpha value is -3.12. The molecule has 4 unspecified atom stereocenters. The van der Waals surface area contributed by atoms with E-state index in [4.69, 9.17) is 26.1 Å². The molecule has 0 N–H and O–H groups in total. The maximum Gasteiger partial charge on any atom is 0.339 e. The van der Waals surface area contributed by atoms with Crippen molar-refractivity contribution in [3.8, 4) is 17.0 Å². The molecule has 2 heterocycles. The molecule has 1 saturated heterocycles. The molecule has 236 valence electrons. The second-order valence-corrected chi connectivity index (χ2v) is 14.8. The lowest BCUT2D eigenvalue weighted by Crippen LogP contribution is -2.34. The molecule has 1 aliphatic carbocycles. The second-order valence-electron chi connectivity index (χ2n) is 11.3. The molecule has 46 heavy (non-hydrogen) atoms. The van der Waals surface area contributed by atoms with Crippen LogP contribution in [0.5, 0.6) is 5.75 Å². The maximum atomic E-state index is 13.5. The number of Topliss-reactive ketones (excluding diaryl/α,β-unsaturated/α-hetero) is 1. The topological polar surface area (TPSA) is 103 Å². The smallest absolute Gasteiger partial charge is 0.339 e. The van der Waals surface area contributed by atoms with Crippen molar-refractivity contribution in [2.24, 2.45) is 11.8 Å². The number of carbonyl (C=O) groups excluding carboxylic acids is 4. The number of esters is 1. The monoisotopic (exact) mass is 830 g/mol. The molecular formula is C34H26Br3ClN2O6. The molecule has 1 saturated carbocycles. The van der Waals surface area contributed by atoms with Gasteiger partial charge in [0.1, 0.15) is 5.75 Å². The summed E-state index contributed by atoms with van der Waals surface area (Å²) in [6.07, 6.45) is 1.17. The number of methoxy groups -OCH3 is 1. The fraction of sp³-hybridized carbons (Fsp3) is 0.265. The Bertz CT molecular complexity index is 1870. The molecule has 4 atom stereocenters. The van der Waals surface area contributed by atoms with Crippen LogP contribution in [0.25, 0.3) is 22.2 Å². The Labute approximate surface area is 295 Å². The Morgan fingerprint density at radius 3 is 2.15 bits per heavy atom. The molecule has 1 aromatic heterocycles. The van der Waals surface area contributed by atoms with Gasteiger partial charge in [0.05, 0.1) is 46.4 Å². The summed E-state index contributed by atoms with van der Waals surface area (Å²) in [5.41, 5.74) is 3.30. The van der Waals surface area contributed by atoms with E-state index in [1.54, 1.807) is 67.6 Å². The maximum absolute atomic E-state index is 13.5. The van der Waals surface area contributed by atoms with Crippen molar-refractivity contribution in [3.63, 3.8) is 0 Å². The van der Waals surface area contributed by atoms with Gasteiger partial charge in [0.15, 0.2) is 12.4 Å². The largest absolute Gasteiger partial charge is 0.497 e. The summed E-state index contributed by atoms with van der Waals surface area (Å²) in [7, 11) is 1.53. The first-order valence-corrected chi connectivity index (χ1v) is 17.4. The van der Waals surface area contributed by atoms with Crippen molar-refractivity contribution >= 4 is 99.5 Å². The van der Waals surface area contributed by atoms with Crippen LogP contribution >= 0.6 is 59.4 Å². The van der Waals surface area contributed by atoms with Crippen molar-refractivity contribution in [1.29, 1.82) is 0 Å². The van der Waals surface area contributed by atoms with Crippen LogP contribution in [0.1, 0.15) is 39.1 Å². The first-order chi connectivity index (χ1) is 22.0. The van der Waals surface area contributed by atoms with Gasteiger partial charge < -0.3 is 9.47 Å². The highest BCUT2D eigenvalue weighted by atomic mass is 79.9. The van der Waals surface area contributed by atoms with Crippen LogP contribution in [-0.2, 0) is 14.3 Å². The first kappa shape index (κ1) is 32.8. The van der Waals surface area contributed by atoms with Crippen molar-refractivity contribution in [1.82, 2.24) is 4.98 Å². The summed E-state index contributed by atoms with van der Waals surface area (Å²) >= 11 is 17.2. The van der Waals surface area contributed by atoms with Crippen molar-refractivity contribution < 1.29 is 28.7 Å². The molecule has 2 aliphatic rings. The molecule has 0 radical (unpaired) electrons. The predicted octanol–water partition coefficient (Wildman–Crippen LogP) is 8.10. The van der Waals surface area contributed by atoms with Gasteiger partial charge in [-0.1, -0.05) is 55.6 Å². The number of imide groups is 1. The van der Waals surface area contributed by atoms with E-state index in [-0.39, 0.29) is 44.7 Å². The summed E-state index contributed by atoms with van der Waals surface area (Å²) in [6.45, 7) is 1.34. The molecule has 2 fully saturated rings. The Balaban J connectivity index is 1.31. The van der Waals surface area contributed by atoms with Gasteiger partial charge >= 0.3 is 5.97 Å². The number of carbonyl (C=O) groups is 4. The van der Waals surface area contributed by atoms with Crippen LogP contribution < -0.4 is 9.64 Å². The van der Waals surface area contributed by atoms with Gasteiger partial charge in [0.2, 0.25) is 11.8 Å². The van der Waals surface area contributed by atoms with Gasteiger partial charge in [-0.25, -0.2) is 9.78 Å². The number of alkyl halides is 2. The number of aromatic nitrogens is 1. The normalized spacial score (nSPS) is 21.0. The zero-order valence-electron chi connectivity index (χ0n) is 24.6. The minimum atomic E-state index is -0.702. The van der Waals surface area contributed by atoms with Crippen LogP contribution in [0.15, 0.2) is 65.1 Å². The third-order valence-corrected chi connectivity index (χ3v) is 12.6. The van der Waals surface area contributed by atoms with E-state index in [2.05, 4.69) is 47.8 Å². The molecule has 12 heteroatoms. The minimum absolute atomic E-state index is 0.117. The summed E-state index contributed by atoms with van der Waals surface area (Å²) in [5.74, 6) is -1.56. The number of halogens is 4. The Morgan fingerprint density at radius 1 is 0.957 bits per heavy atom. The van der Waals surface area contributed by atoms with Crippen LogP contribution in [-0.4, -0.2) is 51.9 Å². The fourth-order valence-electron chi connectivity index (χ4n) is 5.98. The predicted molar refractivity (Wildman–Crippen MR) is 186 cm³/mol. The summed E-state index contributed by atoms with van der Waals surface area (Å²) in [4.78, 5) is 59.2. The lowest BCUT2D eigenvalue weighted by Gasteiger charge is -2.29. The molecule has 0 spiro atoms. The van der Waals surface area contributed by atoms with Gasteiger partial charge in [-0.2, -0.15) is 0 Å². The number of anilines is 1. The Kier molecular flexibility index (Phi) is 9.40. The molecule has 0 bridgehead atoms. The SMILES string of the molecule is COc1ccc(C(=O)COC(=O)c2cc(-c3ccc(N4C(=O)C5CC(Br)C(Br)CC5C4=O)cc3)nc3c(C)c(Cl)c(Br)cc23)cc1. The zero-order valence-corrected chi connectivity index (χ0v) is 30.1. The number of hydrogen-bond donors (Lipinski definition) is 0. The number of fused-ring (bicyclic) bond motifs is 2. The van der Waals surface area contributed by atoms with Crippen molar-refractivity contribution in [2.75, 3.05) is 18.6 Å². The number of aryl methyl sites for hydroxylation is 1. The molecular weight excluding hydrogens is 808 g/mol. The summed E-state index contributed by atoms with van der Waals surface area (Å²) in [6, 6.07) is 16.8. The van der Waals surface area contributed by atoms with Crippen molar-refractivity contribution in [2.45, 2.75) is 29.4 Å². The highest BCUT2D eigenvalue weighted by Gasteiger charge is 2.52. The number of hydrogen-bond acceptors (Lipinski definition) is 7. The van der Waals surface area contributed by atoms with Crippen LogP contribution in [0.2, 0.25) is 5.02 Å². The number of pyridine rings is 1. The van der Waals surface area contributed by atoms with E-state index in [9.17, 15) is 19.2 Å². The first-order valence-electron chi connectivity index (χ1n) is 14.4. The number of rotatable bonds is 7. The lowest BCUT2D eigenvalue weighted by atomic mass is 9.81. The van der Waals surface area contributed by atoms with E-state index in [0.717, 1.165) is 0 Å². The number of ether oxygens (including phenoxy) is 2. The molecule has 8 nitrogen and oxygen atoms in total. The number of ketones is 1. The van der Waals surface area contributed by atoms with E-state index in [0.29, 0.717) is 67.1 Å². The number of nitrogens with zero attached hydrogens (tertiary/aromatic N) is 2. The quantitative estimate of drug-likeness (QED) is 0.0803. The average Bonchev–Trinajstić information content (AvgIpc) is 3.30. The molecule has 1 aliphatic heterocycles. The van der Waals surface area contributed by atoms with E-state index < -0.39 is 12.6 Å². The second kappa shape index (κ2) is 13.2. The van der Waals surface area contributed by atoms with Gasteiger partial charge in [0.25, 0.3) is 0 Å². The molecule has 4 aromatic rings. The van der Waals surface area contributed by atoms with Gasteiger partial charge in [-0.05, 0) is 89.8 Å². The van der Waals surface area contributed by atoms with Crippen LogP contribution in [0.4, 0.5) is 5.69 Å². The van der Waals surface area contributed by atoms with E-state index in [1.165, 1.54) is 12.0 Å². The average molecular weight is 834 g/mol. The fourth-order valence-corrected chi connectivity index (χ4v) is 7.88. The lowest BCUT2D eigenvalue weighted by molar-refractivity contribution is -0.122. The highest BCUT2D eigenvalue weighted by Crippen LogP contribution is 2.44. The van der Waals surface area contributed by atoms with Crippen LogP contribution in [0.3, 0.4) is 0 Å². The van der Waals surface area contributed by atoms with Crippen molar-refractivity contribution in [3.05, 3.63) is 86.8 Å². The molecule has 2 amide bonds. The summed E-state index contributed by atoms with van der Waals surface area (Å²) in [5, 5.41) is 0.951. The van der Waals surface area contributed by atoms with Gasteiger partial charge in [-0.15, -0.1) is 0 Å². The third kappa shape index (κ3) is 6.03. The van der Waals surface area contributed by atoms with Gasteiger partial charge in [0, 0.05) is 30.6 Å². The van der Waals surface area contributed by atoms with E-state index in [1.807, 2.05) is 0 Å². The number of amides is 2.